The fourth-order valence-corrected chi connectivity index (χ4v) is 2.90. The maximum Gasteiger partial charge on any atom is 0.185 e. The summed E-state index contributed by atoms with van der Waals surface area (Å²) in [7, 11) is 0. The van der Waals surface area contributed by atoms with Gasteiger partial charge in [-0.3, -0.25) is 9.48 Å². The molecule has 1 aromatic heterocycles. The summed E-state index contributed by atoms with van der Waals surface area (Å²) in [6.07, 6.45) is 4.85. The minimum Gasteiger partial charge on any atom is -0.292 e. The monoisotopic (exact) mass is 254 g/mol. The van der Waals surface area contributed by atoms with E-state index in [0.717, 1.165) is 19.3 Å². The van der Waals surface area contributed by atoms with Gasteiger partial charge in [0.2, 0.25) is 0 Å². The molecule has 94 valence electrons. The van der Waals surface area contributed by atoms with Gasteiger partial charge in [0.25, 0.3) is 0 Å². The van der Waals surface area contributed by atoms with Crippen LogP contribution in [-0.2, 0) is 0 Å². The van der Waals surface area contributed by atoms with Gasteiger partial charge in [-0.05, 0) is 32.6 Å². The van der Waals surface area contributed by atoms with Gasteiger partial charge in [-0.1, -0.05) is 24.9 Å². The first-order chi connectivity index (χ1) is 8.02. The van der Waals surface area contributed by atoms with Crippen molar-refractivity contribution in [1.82, 2.24) is 9.78 Å². The first-order valence-electron chi connectivity index (χ1n) is 6.29. The molecule has 1 aliphatic carbocycles. The average Bonchev–Trinajstić information content (AvgIpc) is 2.83. The van der Waals surface area contributed by atoms with Gasteiger partial charge in [0.05, 0.1) is 11.2 Å². The molecular weight excluding hydrogens is 236 g/mol. The lowest BCUT2D eigenvalue weighted by molar-refractivity contribution is 0.0884. The van der Waals surface area contributed by atoms with Crippen molar-refractivity contribution in [2.75, 3.05) is 0 Å². The summed E-state index contributed by atoms with van der Waals surface area (Å²) in [6, 6.07) is 0.165. The number of carbonyl (C=O) groups excluding carboxylic acids is 1. The summed E-state index contributed by atoms with van der Waals surface area (Å²) in [6.45, 7) is 6.18. The molecule has 1 heterocycles. The number of Topliss-reactive ketones (excluding diaryl/α,β-unsaturated/α-hetero) is 1. The van der Waals surface area contributed by atoms with Crippen LogP contribution in [-0.4, -0.2) is 15.6 Å². The average molecular weight is 255 g/mol. The SMILES string of the molecule is CC1CCCC1C(=O)c1c(Cl)cnn1C(C)C. The Morgan fingerprint density at radius 1 is 1.53 bits per heavy atom. The number of hydrogen-bond acceptors (Lipinski definition) is 2. The molecule has 0 aliphatic heterocycles. The first kappa shape index (κ1) is 12.6. The van der Waals surface area contributed by atoms with Gasteiger partial charge in [-0.25, -0.2) is 0 Å². The van der Waals surface area contributed by atoms with E-state index in [-0.39, 0.29) is 17.7 Å². The Morgan fingerprint density at radius 2 is 2.24 bits per heavy atom. The zero-order chi connectivity index (χ0) is 12.6. The van der Waals surface area contributed by atoms with Crippen molar-refractivity contribution in [3.05, 3.63) is 16.9 Å². The predicted octanol–water partition coefficient (Wildman–Crippen LogP) is 3.74. The molecule has 1 aromatic rings. The lowest BCUT2D eigenvalue weighted by Crippen LogP contribution is -2.22. The molecule has 0 saturated heterocycles. The smallest absolute Gasteiger partial charge is 0.185 e. The van der Waals surface area contributed by atoms with E-state index in [1.807, 2.05) is 13.8 Å². The summed E-state index contributed by atoms with van der Waals surface area (Å²) in [5, 5.41) is 4.69. The second kappa shape index (κ2) is 4.81. The third kappa shape index (κ3) is 2.25. The van der Waals surface area contributed by atoms with Crippen molar-refractivity contribution in [2.45, 2.75) is 46.1 Å². The summed E-state index contributed by atoms with van der Waals surface area (Å²) >= 11 is 6.11. The second-order valence-corrected chi connectivity index (χ2v) is 5.67. The van der Waals surface area contributed by atoms with Gasteiger partial charge >= 0.3 is 0 Å². The van der Waals surface area contributed by atoms with Crippen LogP contribution in [0.2, 0.25) is 5.02 Å². The number of ketones is 1. The fourth-order valence-electron chi connectivity index (χ4n) is 2.67. The Morgan fingerprint density at radius 3 is 2.76 bits per heavy atom. The molecule has 1 fully saturated rings. The van der Waals surface area contributed by atoms with E-state index in [0.29, 0.717) is 16.6 Å². The fraction of sp³-hybridized carbons (Fsp3) is 0.692. The van der Waals surface area contributed by atoms with E-state index in [9.17, 15) is 4.79 Å². The predicted molar refractivity (Wildman–Crippen MR) is 68.5 cm³/mol. The number of rotatable bonds is 3. The van der Waals surface area contributed by atoms with Crippen molar-refractivity contribution in [3.63, 3.8) is 0 Å². The Kier molecular flexibility index (Phi) is 3.57. The summed E-state index contributed by atoms with van der Waals surface area (Å²) in [5.74, 6) is 0.766. The Hall–Kier alpha value is -0.830. The third-order valence-corrected chi connectivity index (χ3v) is 3.95. The standard InChI is InChI=1S/C13H19ClN2O/c1-8(2)16-12(11(14)7-15-16)13(17)10-6-4-5-9(10)3/h7-10H,4-6H2,1-3H3. The van der Waals surface area contributed by atoms with Gasteiger partial charge < -0.3 is 0 Å². The summed E-state index contributed by atoms with van der Waals surface area (Å²) in [4.78, 5) is 12.5. The van der Waals surface area contributed by atoms with Crippen LogP contribution in [0.25, 0.3) is 0 Å². The van der Waals surface area contributed by atoms with E-state index < -0.39 is 0 Å². The highest BCUT2D eigenvalue weighted by Gasteiger charge is 2.33. The molecule has 0 spiro atoms. The van der Waals surface area contributed by atoms with Crippen LogP contribution in [0.3, 0.4) is 0 Å². The minimum atomic E-state index is 0.127. The number of halogens is 1. The van der Waals surface area contributed by atoms with E-state index in [1.165, 1.54) is 0 Å². The molecule has 3 nitrogen and oxygen atoms in total. The molecule has 0 amide bonds. The molecule has 0 N–H and O–H groups in total. The minimum absolute atomic E-state index is 0.127. The Balaban J connectivity index is 2.33. The summed E-state index contributed by atoms with van der Waals surface area (Å²) in [5.41, 5.74) is 0.598. The molecule has 1 saturated carbocycles. The Labute approximate surface area is 107 Å². The molecule has 0 aromatic carbocycles. The van der Waals surface area contributed by atoms with Crippen LogP contribution in [0.15, 0.2) is 6.20 Å². The van der Waals surface area contributed by atoms with E-state index in [1.54, 1.807) is 10.9 Å². The van der Waals surface area contributed by atoms with Crippen LogP contribution in [0.1, 0.15) is 56.6 Å². The van der Waals surface area contributed by atoms with Crippen LogP contribution < -0.4 is 0 Å². The molecular formula is C13H19ClN2O. The number of nitrogens with zero attached hydrogens (tertiary/aromatic N) is 2. The van der Waals surface area contributed by atoms with Crippen LogP contribution in [0.5, 0.6) is 0 Å². The zero-order valence-corrected chi connectivity index (χ0v) is 11.4. The van der Waals surface area contributed by atoms with Crippen molar-refractivity contribution in [2.24, 2.45) is 11.8 Å². The van der Waals surface area contributed by atoms with Gasteiger partial charge in [0.1, 0.15) is 5.69 Å². The largest absolute Gasteiger partial charge is 0.292 e. The Bertz CT molecular complexity index is 425. The van der Waals surface area contributed by atoms with E-state index >= 15 is 0 Å². The van der Waals surface area contributed by atoms with Gasteiger partial charge in [-0.15, -0.1) is 0 Å². The highest BCUT2D eigenvalue weighted by atomic mass is 35.5. The molecule has 0 radical (unpaired) electrons. The van der Waals surface area contributed by atoms with E-state index in [2.05, 4.69) is 12.0 Å². The lowest BCUT2D eigenvalue weighted by atomic mass is 9.92. The van der Waals surface area contributed by atoms with Crippen molar-refractivity contribution >= 4 is 17.4 Å². The number of carbonyl (C=O) groups is 1. The van der Waals surface area contributed by atoms with E-state index in [4.69, 9.17) is 11.6 Å². The van der Waals surface area contributed by atoms with Crippen molar-refractivity contribution in [1.29, 1.82) is 0 Å². The van der Waals surface area contributed by atoms with Crippen molar-refractivity contribution in [3.8, 4) is 0 Å². The van der Waals surface area contributed by atoms with Crippen LogP contribution >= 0.6 is 11.6 Å². The maximum absolute atomic E-state index is 12.5. The lowest BCUT2D eigenvalue weighted by Gasteiger charge is -2.16. The highest BCUT2D eigenvalue weighted by Crippen LogP contribution is 2.35. The van der Waals surface area contributed by atoms with Gasteiger partial charge in [0, 0.05) is 12.0 Å². The third-order valence-electron chi connectivity index (χ3n) is 3.67. The number of aromatic nitrogens is 2. The number of hydrogen-bond donors (Lipinski definition) is 0. The van der Waals surface area contributed by atoms with Crippen molar-refractivity contribution < 1.29 is 4.79 Å². The molecule has 0 bridgehead atoms. The maximum atomic E-state index is 12.5. The molecule has 2 atom stereocenters. The van der Waals surface area contributed by atoms with Gasteiger partial charge in [0.15, 0.2) is 5.78 Å². The van der Waals surface area contributed by atoms with Gasteiger partial charge in [-0.2, -0.15) is 5.10 Å². The first-order valence-corrected chi connectivity index (χ1v) is 6.67. The molecule has 2 unspecified atom stereocenters. The second-order valence-electron chi connectivity index (χ2n) is 5.26. The van der Waals surface area contributed by atoms with Crippen LogP contribution in [0, 0.1) is 11.8 Å². The topological polar surface area (TPSA) is 34.9 Å². The van der Waals surface area contributed by atoms with Crippen LogP contribution in [0.4, 0.5) is 0 Å². The molecule has 4 heteroatoms. The molecule has 1 aliphatic rings. The quantitative estimate of drug-likeness (QED) is 0.771. The molecule has 17 heavy (non-hydrogen) atoms. The highest BCUT2D eigenvalue weighted by molar-refractivity contribution is 6.33. The zero-order valence-electron chi connectivity index (χ0n) is 10.6. The molecule has 2 rings (SSSR count). The normalized spacial score (nSPS) is 24.5. The summed E-state index contributed by atoms with van der Waals surface area (Å²) < 4.78 is 1.75.